The first-order chi connectivity index (χ1) is 53.6. The molecule has 16 heteroatoms. The first kappa shape index (κ1) is 68.8. The predicted molar refractivity (Wildman–Crippen MR) is 457 cm³/mol. The molecule has 0 spiro atoms. The van der Waals surface area contributed by atoms with Crippen molar-refractivity contribution in [3.8, 4) is 34.4 Å². The van der Waals surface area contributed by atoms with Crippen LogP contribution in [0.1, 0.15) is 20.3 Å². The fraction of sp³-hybridized carbons (Fsp3) is 0.0319. The molecule has 1 aliphatic carbocycles. The van der Waals surface area contributed by atoms with Crippen LogP contribution in [0.4, 0.5) is 34.1 Å². The van der Waals surface area contributed by atoms with Crippen molar-refractivity contribution >= 4 is 203 Å². The zero-order valence-electron chi connectivity index (χ0n) is 57.8. The minimum atomic E-state index is 0. The number of aromatic nitrogens is 3. The van der Waals surface area contributed by atoms with Gasteiger partial charge in [-0.05, 0) is 237 Å². The average molecular weight is 1630 g/mol. The van der Waals surface area contributed by atoms with Crippen molar-refractivity contribution in [2.24, 2.45) is 5.73 Å². The van der Waals surface area contributed by atoms with Crippen molar-refractivity contribution in [3.05, 3.63) is 341 Å². The smallest absolute Gasteiger partial charge is 0.227 e. The number of fused-ring (bicyclic) bond motifs is 15. The highest BCUT2D eigenvalue weighted by molar-refractivity contribution is 9.11. The van der Waals surface area contributed by atoms with Crippen LogP contribution < -0.4 is 15.5 Å². The highest BCUT2D eigenvalue weighted by atomic mass is 79.9. The van der Waals surface area contributed by atoms with Gasteiger partial charge in [0.2, 0.25) is 17.7 Å². The van der Waals surface area contributed by atoms with Gasteiger partial charge in [-0.1, -0.05) is 140 Å². The van der Waals surface area contributed by atoms with Gasteiger partial charge in [-0.15, -0.1) is 0 Å². The van der Waals surface area contributed by atoms with Crippen LogP contribution in [0, 0.1) is 0 Å². The van der Waals surface area contributed by atoms with Gasteiger partial charge in [0.1, 0.15) is 61.2 Å². The van der Waals surface area contributed by atoms with E-state index in [1.165, 1.54) is 0 Å². The minimum absolute atomic E-state index is 0. The molecule has 14 aromatic carbocycles. The molecule has 7 aromatic heterocycles. The lowest BCUT2D eigenvalue weighted by molar-refractivity contribution is 0.619. The normalized spacial score (nSPS) is 12.0. The Morgan fingerprint density at radius 2 is 0.564 bits per heavy atom. The lowest BCUT2D eigenvalue weighted by atomic mass is 10.1. The van der Waals surface area contributed by atoms with E-state index in [0.29, 0.717) is 17.7 Å². The monoisotopic (exact) mass is 1620 g/mol. The SMILES string of the molecule is Brc1ccc(-c2nc3ccccc3o2)cc1.Brc1ccc2c(c1)oc1cc3c(cc12)oc1cc(Br)ccc13.C.NC1=CCCC=C1.c1ccc(N(c2ccc(-c3nc4ccccc4o3)cc2)c2ccc3c(c2)oc2cc4c(cc23)oc2cc(N(c3ccccc3)c3ccc(-c5nc6ccccc6o5)cc3)ccc24)cc1. The second-order valence-corrected chi connectivity index (χ2v) is 29.1. The maximum absolute atomic E-state index is 6.68. The van der Waals surface area contributed by atoms with E-state index in [9.17, 15) is 0 Å². The Hall–Kier alpha value is -13.0. The zero-order valence-corrected chi connectivity index (χ0v) is 62.6. The quantitative estimate of drug-likeness (QED) is 0.145. The van der Waals surface area contributed by atoms with E-state index in [4.69, 9.17) is 46.6 Å². The largest absolute Gasteiger partial charge is 0.456 e. The van der Waals surface area contributed by atoms with Crippen molar-refractivity contribution in [2.45, 2.75) is 20.3 Å². The third kappa shape index (κ3) is 13.4. The Labute approximate surface area is 654 Å². The molecule has 0 amide bonds. The summed E-state index contributed by atoms with van der Waals surface area (Å²) in [5.74, 6) is 1.85. The Morgan fingerprint density at radius 1 is 0.264 bits per heavy atom. The van der Waals surface area contributed by atoms with Gasteiger partial charge in [0.25, 0.3) is 0 Å². The van der Waals surface area contributed by atoms with Gasteiger partial charge in [0.05, 0.1) is 0 Å². The Kier molecular flexibility index (Phi) is 18.3. The summed E-state index contributed by atoms with van der Waals surface area (Å²) >= 11 is 10.4. The van der Waals surface area contributed by atoms with Gasteiger partial charge in [0.15, 0.2) is 16.7 Å². The number of rotatable bonds is 9. The lowest BCUT2D eigenvalue weighted by Crippen LogP contribution is -2.09. The minimum Gasteiger partial charge on any atom is -0.456 e. The van der Waals surface area contributed by atoms with Crippen LogP contribution in [0.25, 0.3) is 155 Å². The molecule has 0 aliphatic heterocycles. The fourth-order valence-electron chi connectivity index (χ4n) is 14.1. The van der Waals surface area contributed by atoms with E-state index in [-0.39, 0.29) is 7.43 Å². The number of furan rings is 4. The summed E-state index contributed by atoms with van der Waals surface area (Å²) in [6.07, 6.45) is 8.35. The molecule has 0 radical (unpaired) electrons. The third-order valence-electron chi connectivity index (χ3n) is 19.3. The second kappa shape index (κ2) is 29.3. The Balaban J connectivity index is 0.000000148. The van der Waals surface area contributed by atoms with Gasteiger partial charge >= 0.3 is 0 Å². The van der Waals surface area contributed by atoms with E-state index >= 15 is 0 Å². The highest BCUT2D eigenvalue weighted by Crippen LogP contribution is 2.45. The van der Waals surface area contributed by atoms with Crippen LogP contribution >= 0.6 is 47.8 Å². The molecule has 7 heterocycles. The van der Waals surface area contributed by atoms with Crippen molar-refractivity contribution in [3.63, 3.8) is 0 Å². The van der Waals surface area contributed by atoms with Gasteiger partial charge in [-0.3, -0.25) is 0 Å². The second-order valence-electron chi connectivity index (χ2n) is 26.3. The number of hydrogen-bond donors (Lipinski definition) is 1. The summed E-state index contributed by atoms with van der Waals surface area (Å²) in [6, 6.07) is 102. The molecule has 0 atom stereocenters. The van der Waals surface area contributed by atoms with E-state index in [0.717, 1.165) is 204 Å². The fourth-order valence-corrected chi connectivity index (χ4v) is 15.0. The molecule has 0 bridgehead atoms. The van der Waals surface area contributed by atoms with Crippen LogP contribution in [-0.4, -0.2) is 15.0 Å². The highest BCUT2D eigenvalue weighted by Gasteiger charge is 2.22. The summed E-state index contributed by atoms with van der Waals surface area (Å²) < 4.78 is 46.2. The topological polar surface area (TPSA) is 163 Å². The Morgan fingerprint density at radius 3 is 0.900 bits per heavy atom. The van der Waals surface area contributed by atoms with Crippen molar-refractivity contribution in [1.29, 1.82) is 0 Å². The molecule has 22 rings (SSSR count). The van der Waals surface area contributed by atoms with E-state index in [1.807, 2.05) is 146 Å². The molecule has 532 valence electrons. The molecule has 0 saturated heterocycles. The van der Waals surface area contributed by atoms with Crippen LogP contribution in [0.3, 0.4) is 0 Å². The maximum atomic E-state index is 6.68. The number of benzene rings is 14. The molecular formula is C94H63Br3N6O7. The molecule has 0 fully saturated rings. The standard InChI is InChI=1S/C56H34N4O4.C18H8Br2O2.C13H8BrNO.C6H9N.CH4/c1-3-11-37(12-4-1)59(39-23-19-35(20-24-39)55-57-47-15-7-9-17-49(47)63-55)41-27-29-43-45-33-54-46(34-53(45)61-51(43)31-41)44-30-28-42(32-52(44)62-54)60(38-13-5-2-6-14-38)40-25-21-36(22-26-40)56-58-48-16-8-10-18-50(48)64-56;19-9-1-3-11-13-7-18-14(8-17(13)21-15(11)5-9)12-4-2-10(20)6-16(12)22-18;14-10-7-5-9(6-8-10)13-15-11-3-1-2-4-12(11)16-13;7-6-4-2-1-3-5-6;/h1-34H;1-8H;1-8H;2,4-5H,1,3,7H2;1H4. The van der Waals surface area contributed by atoms with Crippen LogP contribution in [0.15, 0.2) is 372 Å². The maximum Gasteiger partial charge on any atom is 0.227 e. The summed E-state index contributed by atoms with van der Waals surface area (Å²) in [7, 11) is 0. The number of halogens is 3. The molecule has 0 saturated carbocycles. The molecule has 21 aromatic rings. The van der Waals surface area contributed by atoms with Crippen molar-refractivity contribution in [2.75, 3.05) is 9.80 Å². The number of oxazole rings is 3. The van der Waals surface area contributed by atoms with Gasteiger partial charge in [-0.25, -0.2) is 15.0 Å². The molecule has 0 unspecified atom stereocenters. The first-order valence-corrected chi connectivity index (χ1v) is 37.8. The molecule has 13 nitrogen and oxygen atoms in total. The number of para-hydroxylation sites is 8. The zero-order chi connectivity index (χ0) is 73.1. The Bertz CT molecular complexity index is 6610. The van der Waals surface area contributed by atoms with Gasteiger partial charge in [-0.2, -0.15) is 0 Å². The summed E-state index contributed by atoms with van der Waals surface area (Å²) in [6.45, 7) is 0. The van der Waals surface area contributed by atoms with E-state index in [1.54, 1.807) is 0 Å². The summed E-state index contributed by atoms with van der Waals surface area (Å²) in [5.41, 5.74) is 26.7. The van der Waals surface area contributed by atoms with E-state index < -0.39 is 0 Å². The van der Waals surface area contributed by atoms with Crippen LogP contribution in [-0.2, 0) is 0 Å². The number of allylic oxidation sites excluding steroid dienone is 3. The van der Waals surface area contributed by atoms with Crippen LogP contribution in [0.2, 0.25) is 0 Å². The van der Waals surface area contributed by atoms with Crippen molar-refractivity contribution < 1.29 is 30.9 Å². The molecular weight excluding hydrogens is 1560 g/mol. The number of anilines is 6. The first-order valence-electron chi connectivity index (χ1n) is 35.4. The summed E-state index contributed by atoms with van der Waals surface area (Å²) in [4.78, 5) is 18.3. The molecule has 2 N–H and O–H groups in total. The summed E-state index contributed by atoms with van der Waals surface area (Å²) in [5, 5.41) is 8.36. The number of hydrogen-bond acceptors (Lipinski definition) is 13. The molecule has 110 heavy (non-hydrogen) atoms. The molecule has 1 aliphatic rings. The number of nitrogens with zero attached hydrogens (tertiary/aromatic N) is 5. The van der Waals surface area contributed by atoms with Crippen molar-refractivity contribution in [1.82, 2.24) is 15.0 Å². The number of nitrogens with two attached hydrogens (primary N) is 1. The third-order valence-corrected chi connectivity index (χ3v) is 20.8. The van der Waals surface area contributed by atoms with E-state index in [2.05, 4.69) is 239 Å². The average Bonchev–Trinajstić information content (AvgIpc) is 1.59. The van der Waals surface area contributed by atoms with Crippen LogP contribution in [0.5, 0.6) is 0 Å². The lowest BCUT2D eigenvalue weighted by Gasteiger charge is -2.25. The van der Waals surface area contributed by atoms with Gasteiger partial charge in [0, 0.05) is 125 Å². The predicted octanol–water partition coefficient (Wildman–Crippen LogP) is 29.1. The van der Waals surface area contributed by atoms with Gasteiger partial charge < -0.3 is 46.5 Å².